The Hall–Kier alpha value is -1.68. The molecule has 2 rings (SSSR count). The number of thiazole rings is 1. The predicted octanol–water partition coefficient (Wildman–Crippen LogP) is 4.17. The smallest absolute Gasteiger partial charge is 0.230 e. The summed E-state index contributed by atoms with van der Waals surface area (Å²) in [5.74, 6) is 0.0231. The number of benzene rings is 1. The summed E-state index contributed by atoms with van der Waals surface area (Å²) >= 11 is 1.65. The van der Waals surface area contributed by atoms with Crippen LogP contribution in [0.1, 0.15) is 55.6 Å². The fraction of sp³-hybridized carbons (Fsp3) is 0.444. The van der Waals surface area contributed by atoms with Crippen molar-refractivity contribution in [2.24, 2.45) is 0 Å². The molecule has 22 heavy (non-hydrogen) atoms. The van der Waals surface area contributed by atoms with Crippen molar-refractivity contribution in [3.8, 4) is 0 Å². The normalized spacial score (nSPS) is 13.0. The molecule has 0 aliphatic rings. The quantitative estimate of drug-likeness (QED) is 0.899. The molecule has 0 fully saturated rings. The summed E-state index contributed by atoms with van der Waals surface area (Å²) < 4.78 is 0. The van der Waals surface area contributed by atoms with Crippen LogP contribution >= 0.6 is 11.3 Å². The first-order chi connectivity index (χ1) is 10.3. The Labute approximate surface area is 136 Å². The van der Waals surface area contributed by atoms with Gasteiger partial charge in [-0.2, -0.15) is 0 Å². The van der Waals surface area contributed by atoms with Gasteiger partial charge in [0.25, 0.3) is 0 Å². The van der Waals surface area contributed by atoms with E-state index < -0.39 is 5.41 Å². The second kappa shape index (κ2) is 6.61. The van der Waals surface area contributed by atoms with E-state index in [0.29, 0.717) is 0 Å². The fourth-order valence-corrected chi connectivity index (χ4v) is 3.08. The van der Waals surface area contributed by atoms with E-state index >= 15 is 0 Å². The molecule has 1 aromatic carbocycles. The van der Waals surface area contributed by atoms with E-state index in [0.717, 1.165) is 22.7 Å². The highest BCUT2D eigenvalue weighted by atomic mass is 32.1. The van der Waals surface area contributed by atoms with Crippen molar-refractivity contribution in [1.82, 2.24) is 10.3 Å². The van der Waals surface area contributed by atoms with Crippen molar-refractivity contribution in [3.63, 3.8) is 0 Å². The fourth-order valence-electron chi connectivity index (χ4n) is 2.24. The minimum Gasteiger partial charge on any atom is -0.347 e. The Morgan fingerprint density at radius 2 is 1.95 bits per heavy atom. The molecule has 1 N–H and O–H groups in total. The zero-order valence-electron chi connectivity index (χ0n) is 13.9. The number of nitrogens with zero attached hydrogens (tertiary/aromatic N) is 1. The summed E-state index contributed by atoms with van der Waals surface area (Å²) in [6, 6.07) is 8.06. The molecule has 118 valence electrons. The third-order valence-corrected chi connectivity index (χ3v) is 5.02. The van der Waals surface area contributed by atoms with Crippen LogP contribution in [-0.4, -0.2) is 10.9 Å². The Morgan fingerprint density at radius 1 is 1.32 bits per heavy atom. The largest absolute Gasteiger partial charge is 0.347 e. The molecule has 2 aromatic rings. The van der Waals surface area contributed by atoms with Crippen LogP contribution in [0.3, 0.4) is 0 Å². The lowest BCUT2D eigenvalue weighted by molar-refractivity contribution is -0.126. The molecule has 0 bridgehead atoms. The minimum absolute atomic E-state index is 0.0231. The Balaban J connectivity index is 2.11. The van der Waals surface area contributed by atoms with E-state index in [1.54, 1.807) is 11.3 Å². The van der Waals surface area contributed by atoms with Crippen molar-refractivity contribution >= 4 is 17.2 Å². The third-order valence-electron chi connectivity index (χ3n) is 4.00. The summed E-state index contributed by atoms with van der Waals surface area (Å²) in [6.45, 7) is 10.0. The number of rotatable bonds is 5. The van der Waals surface area contributed by atoms with Gasteiger partial charge in [-0.15, -0.1) is 11.3 Å². The van der Waals surface area contributed by atoms with Crippen molar-refractivity contribution in [2.45, 2.75) is 52.5 Å². The van der Waals surface area contributed by atoms with Crippen LogP contribution in [0.25, 0.3) is 0 Å². The van der Waals surface area contributed by atoms with Gasteiger partial charge in [0.15, 0.2) is 0 Å². The summed E-state index contributed by atoms with van der Waals surface area (Å²) in [4.78, 5) is 17.2. The monoisotopic (exact) mass is 316 g/mol. The standard InChI is InChI=1S/C18H24N2OS/c1-6-16-20-15(11-22-16)13(3)19-17(21)18(4,5)14-9-7-12(2)8-10-14/h7-11,13H,6H2,1-5H3,(H,19,21). The van der Waals surface area contributed by atoms with E-state index in [4.69, 9.17) is 0 Å². The molecule has 0 radical (unpaired) electrons. The van der Waals surface area contributed by atoms with Crippen LogP contribution in [0.15, 0.2) is 29.6 Å². The lowest BCUT2D eigenvalue weighted by Crippen LogP contribution is -2.41. The highest BCUT2D eigenvalue weighted by Gasteiger charge is 2.31. The molecule has 1 aromatic heterocycles. The number of carbonyl (C=O) groups is 1. The summed E-state index contributed by atoms with van der Waals surface area (Å²) in [6.07, 6.45) is 0.931. The predicted molar refractivity (Wildman–Crippen MR) is 92.3 cm³/mol. The van der Waals surface area contributed by atoms with Crippen molar-refractivity contribution < 1.29 is 4.79 Å². The molecular formula is C18H24N2OS. The molecular weight excluding hydrogens is 292 g/mol. The molecule has 4 heteroatoms. The van der Waals surface area contributed by atoms with Gasteiger partial charge < -0.3 is 5.32 Å². The lowest BCUT2D eigenvalue weighted by atomic mass is 9.83. The third kappa shape index (κ3) is 3.55. The first kappa shape index (κ1) is 16.7. The SMILES string of the molecule is CCc1nc(C(C)NC(=O)C(C)(C)c2ccc(C)cc2)cs1. The average Bonchev–Trinajstić information content (AvgIpc) is 2.96. The van der Waals surface area contributed by atoms with Gasteiger partial charge in [0.1, 0.15) is 0 Å². The summed E-state index contributed by atoms with van der Waals surface area (Å²) in [5, 5.41) is 6.23. The van der Waals surface area contributed by atoms with Gasteiger partial charge in [-0.1, -0.05) is 36.8 Å². The number of carbonyl (C=O) groups excluding carboxylic acids is 1. The van der Waals surface area contributed by atoms with Crippen LogP contribution in [0.4, 0.5) is 0 Å². The Kier molecular flexibility index (Phi) is 5.01. The van der Waals surface area contributed by atoms with Crippen LogP contribution in [0, 0.1) is 6.92 Å². The van der Waals surface area contributed by atoms with Crippen molar-refractivity contribution in [1.29, 1.82) is 0 Å². The molecule has 0 spiro atoms. The van der Waals surface area contributed by atoms with Gasteiger partial charge >= 0.3 is 0 Å². The maximum atomic E-state index is 12.7. The van der Waals surface area contributed by atoms with E-state index in [1.807, 2.05) is 57.3 Å². The van der Waals surface area contributed by atoms with Gasteiger partial charge in [0.2, 0.25) is 5.91 Å². The Morgan fingerprint density at radius 3 is 2.50 bits per heavy atom. The number of hydrogen-bond donors (Lipinski definition) is 1. The average molecular weight is 316 g/mol. The second-order valence-electron chi connectivity index (χ2n) is 6.21. The van der Waals surface area contributed by atoms with Crippen LogP contribution in [0.2, 0.25) is 0 Å². The molecule has 1 unspecified atom stereocenters. The maximum absolute atomic E-state index is 12.7. The zero-order chi connectivity index (χ0) is 16.3. The van der Waals surface area contributed by atoms with Crippen molar-refractivity contribution in [2.75, 3.05) is 0 Å². The molecule has 0 saturated carbocycles. The van der Waals surface area contributed by atoms with Gasteiger partial charge in [-0.3, -0.25) is 4.79 Å². The van der Waals surface area contributed by atoms with Gasteiger partial charge in [-0.25, -0.2) is 4.98 Å². The summed E-state index contributed by atoms with van der Waals surface area (Å²) in [5.41, 5.74) is 2.60. The highest BCUT2D eigenvalue weighted by Crippen LogP contribution is 2.25. The molecule has 0 saturated heterocycles. The molecule has 3 nitrogen and oxygen atoms in total. The summed E-state index contributed by atoms with van der Waals surface area (Å²) in [7, 11) is 0. The molecule has 0 aliphatic heterocycles. The van der Waals surface area contributed by atoms with Crippen LogP contribution in [-0.2, 0) is 16.6 Å². The first-order valence-corrected chi connectivity index (χ1v) is 8.55. The zero-order valence-corrected chi connectivity index (χ0v) is 14.8. The Bertz CT molecular complexity index is 643. The van der Waals surface area contributed by atoms with E-state index in [9.17, 15) is 4.79 Å². The van der Waals surface area contributed by atoms with Crippen molar-refractivity contribution in [3.05, 3.63) is 51.5 Å². The molecule has 0 aliphatic carbocycles. The number of aromatic nitrogens is 1. The van der Waals surface area contributed by atoms with Gasteiger partial charge in [-0.05, 0) is 39.7 Å². The molecule has 1 heterocycles. The second-order valence-corrected chi connectivity index (χ2v) is 7.15. The number of amides is 1. The van der Waals surface area contributed by atoms with Gasteiger partial charge in [0.05, 0.1) is 22.2 Å². The van der Waals surface area contributed by atoms with E-state index in [1.165, 1.54) is 5.56 Å². The maximum Gasteiger partial charge on any atom is 0.230 e. The minimum atomic E-state index is -0.564. The first-order valence-electron chi connectivity index (χ1n) is 7.67. The number of nitrogens with one attached hydrogen (secondary N) is 1. The molecule has 1 atom stereocenters. The van der Waals surface area contributed by atoms with E-state index in [-0.39, 0.29) is 11.9 Å². The van der Waals surface area contributed by atoms with Crippen LogP contribution < -0.4 is 5.32 Å². The topological polar surface area (TPSA) is 42.0 Å². The molecule has 1 amide bonds. The van der Waals surface area contributed by atoms with Crippen LogP contribution in [0.5, 0.6) is 0 Å². The number of aryl methyl sites for hydroxylation is 2. The van der Waals surface area contributed by atoms with E-state index in [2.05, 4.69) is 17.2 Å². The highest BCUT2D eigenvalue weighted by molar-refractivity contribution is 7.09. The lowest BCUT2D eigenvalue weighted by Gasteiger charge is -2.26. The van der Waals surface area contributed by atoms with Gasteiger partial charge in [0, 0.05) is 5.38 Å². The number of hydrogen-bond acceptors (Lipinski definition) is 3.